The molecule has 0 aromatic heterocycles. The molecule has 2 aliphatic carbocycles. The van der Waals surface area contributed by atoms with Crippen molar-refractivity contribution in [1.82, 2.24) is 0 Å². The van der Waals surface area contributed by atoms with Crippen LogP contribution in [0.3, 0.4) is 0 Å². The Hall–Kier alpha value is -0.400. The second-order valence-electron chi connectivity index (χ2n) is 7.76. The third-order valence-corrected chi connectivity index (χ3v) is 6.20. The first-order valence-corrected chi connectivity index (χ1v) is 9.71. The predicted molar refractivity (Wildman–Crippen MR) is 90.0 cm³/mol. The van der Waals surface area contributed by atoms with Crippen molar-refractivity contribution in [3.8, 4) is 0 Å². The van der Waals surface area contributed by atoms with Gasteiger partial charge < -0.3 is 0 Å². The highest BCUT2D eigenvalue weighted by Crippen LogP contribution is 2.42. The summed E-state index contributed by atoms with van der Waals surface area (Å²) >= 11 is 0. The maximum absolute atomic E-state index is 12.3. The van der Waals surface area contributed by atoms with Crippen LogP contribution >= 0.6 is 0 Å². The molecule has 0 heterocycles. The average Bonchev–Trinajstić information content (AvgIpc) is 2.52. The minimum Gasteiger partial charge on any atom is -0.174 e. The van der Waals surface area contributed by atoms with Gasteiger partial charge in [0.1, 0.15) is 0 Å². The fourth-order valence-electron chi connectivity index (χ4n) is 4.77. The van der Waals surface area contributed by atoms with Crippen molar-refractivity contribution in [3.05, 3.63) is 12.2 Å². The maximum atomic E-state index is 12.3. The summed E-state index contributed by atoms with van der Waals surface area (Å²) in [4.78, 5) is 0. The second-order valence-corrected chi connectivity index (χ2v) is 7.76. The molecule has 0 aliphatic heterocycles. The van der Waals surface area contributed by atoms with E-state index in [1.165, 1.54) is 76.7 Å². The van der Waals surface area contributed by atoms with Crippen molar-refractivity contribution < 1.29 is 8.78 Å². The minimum absolute atomic E-state index is 0.149. The van der Waals surface area contributed by atoms with Gasteiger partial charge >= 0.3 is 0 Å². The Morgan fingerprint density at radius 3 is 1.95 bits per heavy atom. The van der Waals surface area contributed by atoms with Crippen molar-refractivity contribution in [3.63, 3.8) is 0 Å². The summed E-state index contributed by atoms with van der Waals surface area (Å²) in [6.07, 6.45) is 16.7. The number of rotatable bonds is 7. The smallest absolute Gasteiger partial charge is 0.174 e. The SMILES string of the molecule is CCCCCCC1CCC(C2CCC(C=C(F)F)CC2)CC1. The molecule has 0 atom stereocenters. The van der Waals surface area contributed by atoms with E-state index >= 15 is 0 Å². The highest BCUT2D eigenvalue weighted by atomic mass is 19.3. The Labute approximate surface area is 135 Å². The van der Waals surface area contributed by atoms with Crippen LogP contribution in [0.1, 0.15) is 90.4 Å². The normalized spacial score (nSPS) is 32.7. The number of allylic oxidation sites excluding steroid dienone is 1. The van der Waals surface area contributed by atoms with E-state index in [1.807, 2.05) is 0 Å². The molecule has 0 spiro atoms. The molecule has 22 heavy (non-hydrogen) atoms. The van der Waals surface area contributed by atoms with Gasteiger partial charge in [-0.25, -0.2) is 0 Å². The molecule has 0 aromatic carbocycles. The molecule has 0 amide bonds. The van der Waals surface area contributed by atoms with Crippen molar-refractivity contribution in [2.24, 2.45) is 23.7 Å². The molecule has 0 saturated heterocycles. The van der Waals surface area contributed by atoms with E-state index in [-0.39, 0.29) is 5.92 Å². The number of hydrogen-bond donors (Lipinski definition) is 0. The predicted octanol–water partition coefficient (Wildman–Crippen LogP) is 7.35. The molecule has 2 fully saturated rings. The third-order valence-electron chi connectivity index (χ3n) is 6.20. The second kappa shape index (κ2) is 9.67. The van der Waals surface area contributed by atoms with E-state index < -0.39 is 6.08 Å². The number of unbranched alkanes of at least 4 members (excludes halogenated alkanes) is 3. The molecule has 0 nitrogen and oxygen atoms in total. The highest BCUT2D eigenvalue weighted by molar-refractivity contribution is 4.92. The van der Waals surface area contributed by atoms with Gasteiger partial charge in [0.25, 0.3) is 6.08 Å². The van der Waals surface area contributed by atoms with Crippen LogP contribution in [0.2, 0.25) is 0 Å². The van der Waals surface area contributed by atoms with Gasteiger partial charge in [-0.2, -0.15) is 8.78 Å². The van der Waals surface area contributed by atoms with Gasteiger partial charge in [0.05, 0.1) is 0 Å². The highest BCUT2D eigenvalue weighted by Gasteiger charge is 2.30. The van der Waals surface area contributed by atoms with Crippen molar-refractivity contribution >= 4 is 0 Å². The standard InChI is InChI=1S/C20H34F2/c1-2-3-4-5-6-16-7-11-18(12-8-16)19-13-9-17(10-14-19)15-20(21)22/h15-19H,2-14H2,1H3. The molecule has 2 aliphatic rings. The third kappa shape index (κ3) is 6.01. The Balaban J connectivity index is 1.62. The average molecular weight is 312 g/mol. The van der Waals surface area contributed by atoms with Gasteiger partial charge in [0, 0.05) is 0 Å². The lowest BCUT2D eigenvalue weighted by atomic mass is 9.68. The Bertz CT molecular complexity index is 317. The summed E-state index contributed by atoms with van der Waals surface area (Å²) in [6, 6.07) is 0. The van der Waals surface area contributed by atoms with Gasteiger partial charge in [-0.05, 0) is 68.3 Å². The first-order valence-electron chi connectivity index (χ1n) is 9.71. The summed E-state index contributed by atoms with van der Waals surface area (Å²) in [7, 11) is 0. The van der Waals surface area contributed by atoms with E-state index in [9.17, 15) is 8.78 Å². The van der Waals surface area contributed by atoms with Gasteiger partial charge in [-0.1, -0.05) is 51.9 Å². The van der Waals surface area contributed by atoms with Crippen LogP contribution in [-0.4, -0.2) is 0 Å². The number of halogens is 2. The van der Waals surface area contributed by atoms with Crippen molar-refractivity contribution in [1.29, 1.82) is 0 Å². The van der Waals surface area contributed by atoms with E-state index in [4.69, 9.17) is 0 Å². The Morgan fingerprint density at radius 1 is 0.818 bits per heavy atom. The fraction of sp³-hybridized carbons (Fsp3) is 0.900. The summed E-state index contributed by atoms with van der Waals surface area (Å²) in [5, 5.41) is 0. The monoisotopic (exact) mass is 312 g/mol. The molecule has 0 N–H and O–H groups in total. The minimum atomic E-state index is -1.48. The number of hydrogen-bond acceptors (Lipinski definition) is 0. The van der Waals surface area contributed by atoms with Crippen LogP contribution in [0.15, 0.2) is 12.2 Å². The fourth-order valence-corrected chi connectivity index (χ4v) is 4.77. The first kappa shape index (κ1) is 17.9. The lowest BCUT2D eigenvalue weighted by Gasteiger charge is -2.37. The zero-order valence-electron chi connectivity index (χ0n) is 14.3. The largest absolute Gasteiger partial charge is 0.266 e. The molecule has 0 unspecified atom stereocenters. The van der Waals surface area contributed by atoms with Crippen molar-refractivity contribution in [2.45, 2.75) is 90.4 Å². The van der Waals surface area contributed by atoms with E-state index in [2.05, 4.69) is 6.92 Å². The van der Waals surface area contributed by atoms with Gasteiger partial charge in [0.15, 0.2) is 0 Å². The molecule has 2 rings (SSSR count). The molecular formula is C20H34F2. The van der Waals surface area contributed by atoms with Crippen molar-refractivity contribution in [2.75, 3.05) is 0 Å². The topological polar surface area (TPSA) is 0 Å². The lowest BCUT2D eigenvalue weighted by Crippen LogP contribution is -2.25. The Kier molecular flexibility index (Phi) is 7.89. The molecule has 0 aromatic rings. The summed E-state index contributed by atoms with van der Waals surface area (Å²) in [5.74, 6) is 2.85. The van der Waals surface area contributed by atoms with Crippen LogP contribution in [-0.2, 0) is 0 Å². The van der Waals surface area contributed by atoms with Crippen LogP contribution < -0.4 is 0 Å². The van der Waals surface area contributed by atoms with E-state index in [0.29, 0.717) is 0 Å². The quantitative estimate of drug-likeness (QED) is 0.431. The summed E-state index contributed by atoms with van der Waals surface area (Å²) in [5.41, 5.74) is 0. The molecule has 0 bridgehead atoms. The van der Waals surface area contributed by atoms with Gasteiger partial charge in [-0.3, -0.25) is 0 Å². The molecule has 128 valence electrons. The van der Waals surface area contributed by atoms with Crippen LogP contribution in [0.4, 0.5) is 8.78 Å². The van der Waals surface area contributed by atoms with E-state index in [0.717, 1.165) is 30.6 Å². The molecule has 2 heteroatoms. The summed E-state index contributed by atoms with van der Waals surface area (Å²) < 4.78 is 24.7. The van der Waals surface area contributed by atoms with E-state index in [1.54, 1.807) is 0 Å². The first-order chi connectivity index (χ1) is 10.7. The van der Waals surface area contributed by atoms with Gasteiger partial charge in [0.2, 0.25) is 0 Å². The molecule has 0 radical (unpaired) electrons. The maximum Gasteiger partial charge on any atom is 0.266 e. The Morgan fingerprint density at radius 2 is 1.41 bits per heavy atom. The zero-order chi connectivity index (χ0) is 15.8. The van der Waals surface area contributed by atoms with Crippen LogP contribution in [0.5, 0.6) is 0 Å². The summed E-state index contributed by atoms with van der Waals surface area (Å²) in [6.45, 7) is 2.28. The zero-order valence-corrected chi connectivity index (χ0v) is 14.3. The van der Waals surface area contributed by atoms with Crippen LogP contribution in [0, 0.1) is 23.7 Å². The molecular weight excluding hydrogens is 278 g/mol. The van der Waals surface area contributed by atoms with Crippen LogP contribution in [0.25, 0.3) is 0 Å². The lowest BCUT2D eigenvalue weighted by molar-refractivity contribution is 0.150. The van der Waals surface area contributed by atoms with Gasteiger partial charge in [-0.15, -0.1) is 0 Å². The molecule has 2 saturated carbocycles.